The highest BCUT2D eigenvalue weighted by atomic mass is 35.5. The van der Waals surface area contributed by atoms with Crippen LogP contribution in [0.3, 0.4) is 0 Å². The molecule has 0 aliphatic carbocycles. The number of fused-ring (bicyclic) bond motifs is 1. The highest BCUT2D eigenvalue weighted by molar-refractivity contribution is 7.17. The number of amides is 5. The lowest BCUT2D eigenvalue weighted by Crippen LogP contribution is -2.54. The van der Waals surface area contributed by atoms with Gasteiger partial charge in [0.15, 0.2) is 5.13 Å². The average molecular weight is 879 g/mol. The first kappa shape index (κ1) is 41.9. The molecule has 5 amide bonds. The molecular weight excluding hydrogens is 828 g/mol. The molecule has 0 bridgehead atoms. The van der Waals surface area contributed by atoms with Crippen molar-refractivity contribution >= 4 is 80.6 Å². The van der Waals surface area contributed by atoms with Gasteiger partial charge >= 0.3 is 0 Å². The van der Waals surface area contributed by atoms with Crippen molar-refractivity contribution in [3.05, 3.63) is 81.1 Å². The molecule has 4 saturated heterocycles. The predicted molar refractivity (Wildman–Crippen MR) is 238 cm³/mol. The molecule has 0 radical (unpaired) electrons. The Bertz CT molecular complexity index is 2380. The maximum absolute atomic E-state index is 13.4. The lowest BCUT2D eigenvalue weighted by molar-refractivity contribution is -0.136. The van der Waals surface area contributed by atoms with Crippen molar-refractivity contribution in [3.8, 4) is 0 Å². The van der Waals surface area contributed by atoms with Crippen LogP contribution in [0.2, 0.25) is 5.02 Å². The normalized spacial score (nSPS) is 20.8. The molecule has 4 fully saturated rings. The van der Waals surface area contributed by atoms with Gasteiger partial charge in [0, 0.05) is 50.9 Å². The van der Waals surface area contributed by atoms with E-state index in [9.17, 15) is 24.0 Å². The third-order valence-electron chi connectivity index (χ3n) is 13.3. The first-order valence-corrected chi connectivity index (χ1v) is 22.9. The summed E-state index contributed by atoms with van der Waals surface area (Å²) in [6, 6.07) is 11.9. The van der Waals surface area contributed by atoms with E-state index in [0.717, 1.165) is 99.4 Å². The molecule has 5 aliphatic heterocycles. The van der Waals surface area contributed by atoms with Crippen LogP contribution >= 0.6 is 22.9 Å². The Labute approximate surface area is 369 Å². The van der Waals surface area contributed by atoms with Crippen LogP contribution in [0.4, 0.5) is 28.1 Å². The predicted octanol–water partition coefficient (Wildman–Crippen LogP) is 6.45. The van der Waals surface area contributed by atoms with Crippen LogP contribution in [-0.2, 0) is 9.59 Å². The van der Waals surface area contributed by atoms with Crippen LogP contribution in [0.5, 0.6) is 0 Å². The van der Waals surface area contributed by atoms with Crippen molar-refractivity contribution < 1.29 is 24.0 Å². The summed E-state index contributed by atoms with van der Waals surface area (Å²) >= 11 is 7.57. The number of halogens is 1. The van der Waals surface area contributed by atoms with E-state index in [-0.39, 0.29) is 24.7 Å². The Balaban J connectivity index is 0.713. The van der Waals surface area contributed by atoms with Gasteiger partial charge in [-0.1, -0.05) is 35.1 Å². The molecule has 324 valence electrons. The van der Waals surface area contributed by atoms with E-state index in [4.69, 9.17) is 16.6 Å². The minimum absolute atomic E-state index is 0.101. The molecule has 62 heavy (non-hydrogen) atoms. The highest BCUT2D eigenvalue weighted by Crippen LogP contribution is 2.36. The van der Waals surface area contributed by atoms with Gasteiger partial charge in [0.2, 0.25) is 11.8 Å². The molecule has 1 unspecified atom stereocenters. The Morgan fingerprint density at radius 1 is 0.839 bits per heavy atom. The van der Waals surface area contributed by atoms with Crippen LogP contribution in [0.1, 0.15) is 93.1 Å². The van der Waals surface area contributed by atoms with E-state index in [0.29, 0.717) is 55.3 Å². The molecule has 1 atom stereocenters. The number of carbonyl (C=O) groups is 5. The lowest BCUT2D eigenvalue weighted by Gasteiger charge is -2.42. The molecular formula is C45H51ClN10O5S. The SMILES string of the molecule is Cc1nc(Nc2ncc(C(=O)Nc3c(C)cccc3Cl)s2)cc(N2CCC(C3CCN(CC4CCN(c5ccc6c(c5)C(=O)N(C5CCC(=O)NC5=O)C6=O)CC4)CC3)CC2)n1. The first-order chi connectivity index (χ1) is 30.0. The maximum Gasteiger partial charge on any atom is 0.267 e. The van der Waals surface area contributed by atoms with Gasteiger partial charge in [0.25, 0.3) is 17.7 Å². The number of likely N-dealkylation sites (tertiary alicyclic amines) is 1. The molecule has 0 saturated carbocycles. The fraction of sp³-hybridized carbons (Fsp3) is 0.467. The molecule has 2 aromatic heterocycles. The topological polar surface area (TPSA) is 173 Å². The zero-order valence-electron chi connectivity index (χ0n) is 35.0. The van der Waals surface area contributed by atoms with Gasteiger partial charge in [-0.2, -0.15) is 0 Å². The quantitative estimate of drug-likeness (QED) is 0.149. The van der Waals surface area contributed by atoms with Gasteiger partial charge in [0.1, 0.15) is 28.4 Å². The second kappa shape index (κ2) is 17.7. The number of hydrogen-bond donors (Lipinski definition) is 3. The summed E-state index contributed by atoms with van der Waals surface area (Å²) in [6.07, 6.45) is 8.68. The molecule has 15 nitrogen and oxygen atoms in total. The molecule has 9 rings (SSSR count). The largest absolute Gasteiger partial charge is 0.371 e. The van der Waals surface area contributed by atoms with Gasteiger partial charge in [-0.3, -0.25) is 34.2 Å². The second-order valence-electron chi connectivity index (χ2n) is 17.3. The zero-order valence-corrected chi connectivity index (χ0v) is 36.6. The van der Waals surface area contributed by atoms with Gasteiger partial charge in [-0.05, 0) is 119 Å². The second-order valence-corrected chi connectivity index (χ2v) is 18.7. The Kier molecular flexibility index (Phi) is 12.0. The number of rotatable bonds is 10. The van der Waals surface area contributed by atoms with Crippen LogP contribution in [0.15, 0.2) is 48.7 Å². The molecule has 4 aromatic rings. The molecule has 7 heterocycles. The lowest BCUT2D eigenvalue weighted by atomic mass is 9.78. The van der Waals surface area contributed by atoms with Crippen molar-refractivity contribution in [1.29, 1.82) is 0 Å². The van der Waals surface area contributed by atoms with E-state index in [1.54, 1.807) is 24.4 Å². The zero-order chi connectivity index (χ0) is 43.1. The fourth-order valence-corrected chi connectivity index (χ4v) is 10.9. The van der Waals surface area contributed by atoms with E-state index in [1.165, 1.54) is 24.2 Å². The minimum atomic E-state index is -0.961. The number of hydrogen-bond acceptors (Lipinski definition) is 13. The Morgan fingerprint density at radius 3 is 2.27 bits per heavy atom. The van der Waals surface area contributed by atoms with Gasteiger partial charge in [-0.25, -0.2) is 15.0 Å². The van der Waals surface area contributed by atoms with E-state index in [1.807, 2.05) is 38.1 Å². The molecule has 17 heteroatoms. The molecule has 0 spiro atoms. The smallest absolute Gasteiger partial charge is 0.267 e. The summed E-state index contributed by atoms with van der Waals surface area (Å²) in [5, 5.41) is 9.52. The van der Waals surface area contributed by atoms with E-state index < -0.39 is 23.8 Å². The summed E-state index contributed by atoms with van der Waals surface area (Å²) in [5.74, 6) is 2.09. The Morgan fingerprint density at radius 2 is 1.55 bits per heavy atom. The summed E-state index contributed by atoms with van der Waals surface area (Å²) < 4.78 is 0. The number of imide groups is 2. The number of piperidine rings is 4. The number of nitrogens with one attached hydrogen (secondary N) is 3. The van der Waals surface area contributed by atoms with E-state index in [2.05, 4.69) is 40.6 Å². The summed E-state index contributed by atoms with van der Waals surface area (Å²) in [4.78, 5) is 86.3. The van der Waals surface area contributed by atoms with Crippen molar-refractivity contribution in [1.82, 2.24) is 30.1 Å². The number of para-hydroxylation sites is 1. The van der Waals surface area contributed by atoms with Crippen LogP contribution in [0, 0.1) is 31.6 Å². The number of thiazole rings is 1. The number of benzene rings is 2. The van der Waals surface area contributed by atoms with Crippen LogP contribution < -0.4 is 25.8 Å². The summed E-state index contributed by atoms with van der Waals surface area (Å²) in [5.41, 5.74) is 3.04. The number of nitrogens with zero attached hydrogens (tertiary/aromatic N) is 7. The molecule has 2 aromatic carbocycles. The van der Waals surface area contributed by atoms with E-state index >= 15 is 0 Å². The highest BCUT2D eigenvalue weighted by Gasteiger charge is 2.45. The van der Waals surface area contributed by atoms with Crippen LogP contribution in [0.25, 0.3) is 0 Å². The van der Waals surface area contributed by atoms with Crippen molar-refractivity contribution in [3.63, 3.8) is 0 Å². The summed E-state index contributed by atoms with van der Waals surface area (Å²) in [6.45, 7) is 10.9. The maximum atomic E-state index is 13.4. The molecule has 5 aliphatic rings. The third-order valence-corrected chi connectivity index (χ3v) is 14.6. The van der Waals surface area contributed by atoms with Crippen LogP contribution in [-0.4, -0.2) is 106 Å². The van der Waals surface area contributed by atoms with Crippen molar-refractivity contribution in [2.45, 2.75) is 71.3 Å². The Hall–Kier alpha value is -5.45. The standard InChI is InChI=1S/C45H51ClN10O5S/c1-26-4-3-5-34(46)40(26)52-42(59)36-24-47-45(62-36)50-37-23-38(49-27(2)48-37)55-20-14-30(15-21-55)29-12-16-53(17-13-29)25-28-10-18-54(19-11-28)31-6-7-32-33(22-31)44(61)56(43(32)60)35-8-9-39(57)51-41(35)58/h3-7,22-24,28-30,35H,8-21,25H2,1-2H3,(H,52,59)(H,51,57,58)(H,47,48,49,50). The first-order valence-electron chi connectivity index (χ1n) is 21.7. The number of aromatic nitrogens is 3. The van der Waals surface area contributed by atoms with Crippen molar-refractivity contribution in [2.75, 3.05) is 66.2 Å². The molecule has 3 N–H and O–H groups in total. The van der Waals surface area contributed by atoms with Gasteiger partial charge < -0.3 is 25.3 Å². The summed E-state index contributed by atoms with van der Waals surface area (Å²) in [7, 11) is 0. The van der Waals surface area contributed by atoms with Gasteiger partial charge in [-0.15, -0.1) is 0 Å². The van der Waals surface area contributed by atoms with Crippen molar-refractivity contribution in [2.24, 2.45) is 17.8 Å². The fourth-order valence-electron chi connectivity index (χ4n) is 9.89. The number of aryl methyl sites for hydroxylation is 2. The number of anilines is 5. The number of carbonyl (C=O) groups excluding carboxylic acids is 5. The monoisotopic (exact) mass is 878 g/mol. The van der Waals surface area contributed by atoms with Gasteiger partial charge in [0.05, 0.1) is 28.0 Å². The third kappa shape index (κ3) is 8.77. The average Bonchev–Trinajstić information content (AvgIpc) is 3.83. The minimum Gasteiger partial charge on any atom is -0.371 e.